The van der Waals surface area contributed by atoms with Crippen LogP contribution < -0.4 is 9.64 Å². The number of nitrogens with zero attached hydrogens (tertiary/aromatic N) is 2. The van der Waals surface area contributed by atoms with Crippen molar-refractivity contribution in [1.29, 1.82) is 0 Å². The van der Waals surface area contributed by atoms with E-state index in [0.29, 0.717) is 19.8 Å². The molecule has 1 aliphatic heterocycles. The zero-order chi connectivity index (χ0) is 17.5. The van der Waals surface area contributed by atoms with Crippen LogP contribution in [0.25, 0.3) is 0 Å². The number of benzene rings is 1. The number of methoxy groups -OCH3 is 1. The molecule has 2 heterocycles. The van der Waals surface area contributed by atoms with Crippen molar-refractivity contribution in [2.45, 2.75) is 12.7 Å². The molecule has 0 spiro atoms. The van der Waals surface area contributed by atoms with Gasteiger partial charge in [-0.1, -0.05) is 6.07 Å². The molecule has 1 N–H and O–H groups in total. The Morgan fingerprint density at radius 1 is 1.12 bits per heavy atom. The highest BCUT2D eigenvalue weighted by atomic mass is 32.1. The minimum atomic E-state index is -0.438. The first-order valence-electron chi connectivity index (χ1n) is 8.64. The molecular formula is C19H26N2O3S. The summed E-state index contributed by atoms with van der Waals surface area (Å²) in [6.07, 6.45) is -0.438. The lowest BCUT2D eigenvalue weighted by atomic mass is 10.2. The van der Waals surface area contributed by atoms with Gasteiger partial charge in [0.15, 0.2) is 0 Å². The van der Waals surface area contributed by atoms with Crippen molar-refractivity contribution in [3.8, 4) is 5.75 Å². The molecule has 1 unspecified atom stereocenters. The van der Waals surface area contributed by atoms with Crippen LogP contribution in [0.1, 0.15) is 4.88 Å². The van der Waals surface area contributed by atoms with Gasteiger partial charge in [-0.2, -0.15) is 0 Å². The second kappa shape index (κ2) is 9.20. The molecule has 0 bridgehead atoms. The van der Waals surface area contributed by atoms with Gasteiger partial charge in [0.25, 0.3) is 0 Å². The minimum absolute atomic E-state index is 0.386. The fourth-order valence-corrected chi connectivity index (χ4v) is 3.66. The summed E-state index contributed by atoms with van der Waals surface area (Å²) in [6.45, 7) is 5.48. The van der Waals surface area contributed by atoms with Crippen LogP contribution in [-0.2, 0) is 11.3 Å². The van der Waals surface area contributed by atoms with Gasteiger partial charge in [-0.15, -0.1) is 11.3 Å². The summed E-state index contributed by atoms with van der Waals surface area (Å²) in [6, 6.07) is 12.3. The predicted octanol–water partition coefficient (Wildman–Crippen LogP) is 2.46. The van der Waals surface area contributed by atoms with Crippen molar-refractivity contribution in [3.63, 3.8) is 0 Å². The van der Waals surface area contributed by atoms with Crippen LogP contribution in [-0.4, -0.2) is 62.6 Å². The number of thiophene rings is 1. The fraction of sp³-hybridized carbons (Fsp3) is 0.474. The van der Waals surface area contributed by atoms with Gasteiger partial charge in [0.05, 0.1) is 26.4 Å². The van der Waals surface area contributed by atoms with Crippen molar-refractivity contribution in [2.24, 2.45) is 0 Å². The van der Waals surface area contributed by atoms with E-state index in [-0.39, 0.29) is 0 Å². The number of hydrogen-bond donors (Lipinski definition) is 1. The SMILES string of the molecule is COc1ccc(N2CCN(CC(O)COCc3cccs3)CC2)cc1. The maximum absolute atomic E-state index is 10.2. The molecule has 5 nitrogen and oxygen atoms in total. The van der Waals surface area contributed by atoms with Crippen LogP contribution >= 0.6 is 11.3 Å². The first-order valence-corrected chi connectivity index (χ1v) is 9.52. The second-order valence-electron chi connectivity index (χ2n) is 6.23. The van der Waals surface area contributed by atoms with Crippen LogP contribution in [0.4, 0.5) is 5.69 Å². The van der Waals surface area contributed by atoms with Crippen LogP contribution in [0.3, 0.4) is 0 Å². The van der Waals surface area contributed by atoms with E-state index in [1.165, 1.54) is 10.6 Å². The van der Waals surface area contributed by atoms with Gasteiger partial charge in [-0.05, 0) is 35.7 Å². The summed E-state index contributed by atoms with van der Waals surface area (Å²) in [5.74, 6) is 0.882. The standard InChI is InChI=1S/C19H26N2O3S/c1-23-18-6-4-16(5-7-18)21-10-8-20(9-11-21)13-17(22)14-24-15-19-3-2-12-25-19/h2-7,12,17,22H,8-11,13-15H2,1H3. The molecule has 1 atom stereocenters. The molecule has 2 aromatic rings. The van der Waals surface area contributed by atoms with Gasteiger partial charge in [0, 0.05) is 43.3 Å². The van der Waals surface area contributed by atoms with Gasteiger partial charge in [-0.3, -0.25) is 4.90 Å². The topological polar surface area (TPSA) is 45.2 Å². The summed E-state index contributed by atoms with van der Waals surface area (Å²) in [7, 11) is 1.68. The maximum Gasteiger partial charge on any atom is 0.119 e. The van der Waals surface area contributed by atoms with Crippen LogP contribution in [0, 0.1) is 0 Å². The Bertz CT molecular complexity index is 610. The summed E-state index contributed by atoms with van der Waals surface area (Å²) in [4.78, 5) is 5.87. The molecule has 0 radical (unpaired) electrons. The Labute approximate surface area is 153 Å². The Morgan fingerprint density at radius 3 is 2.52 bits per heavy atom. The Kier molecular flexibility index (Phi) is 6.69. The van der Waals surface area contributed by atoms with Crippen molar-refractivity contribution in [3.05, 3.63) is 46.7 Å². The maximum atomic E-state index is 10.2. The van der Waals surface area contributed by atoms with E-state index in [0.717, 1.165) is 31.9 Å². The molecular weight excluding hydrogens is 336 g/mol. The number of aliphatic hydroxyl groups is 1. The molecule has 136 valence electrons. The van der Waals surface area contributed by atoms with Crippen molar-refractivity contribution >= 4 is 17.0 Å². The molecule has 1 aromatic heterocycles. The lowest BCUT2D eigenvalue weighted by molar-refractivity contribution is 0.00991. The Balaban J connectivity index is 1.36. The first kappa shape index (κ1) is 18.2. The van der Waals surface area contributed by atoms with E-state index in [1.54, 1.807) is 18.4 Å². The first-order chi connectivity index (χ1) is 12.2. The number of hydrogen-bond acceptors (Lipinski definition) is 6. The molecule has 0 amide bonds. The zero-order valence-corrected chi connectivity index (χ0v) is 15.5. The summed E-state index contributed by atoms with van der Waals surface area (Å²) < 4.78 is 10.8. The molecule has 0 saturated carbocycles. The number of β-amino-alcohol motifs (C(OH)–C–C–N with tert-alkyl or cyclic N) is 1. The third-order valence-electron chi connectivity index (χ3n) is 4.41. The highest BCUT2D eigenvalue weighted by Crippen LogP contribution is 2.20. The van der Waals surface area contributed by atoms with E-state index < -0.39 is 6.10 Å². The molecule has 6 heteroatoms. The smallest absolute Gasteiger partial charge is 0.119 e. The fourth-order valence-electron chi connectivity index (χ4n) is 3.02. The van der Waals surface area contributed by atoms with Crippen molar-refractivity contribution in [2.75, 3.05) is 51.3 Å². The number of anilines is 1. The lowest BCUT2D eigenvalue weighted by Crippen LogP contribution is -2.49. The zero-order valence-electron chi connectivity index (χ0n) is 14.6. The van der Waals surface area contributed by atoms with E-state index in [1.807, 2.05) is 23.6 Å². The van der Waals surface area contributed by atoms with Crippen molar-refractivity contribution < 1.29 is 14.6 Å². The van der Waals surface area contributed by atoms with Crippen LogP contribution in [0.15, 0.2) is 41.8 Å². The number of rotatable bonds is 8. The highest BCUT2D eigenvalue weighted by molar-refractivity contribution is 7.09. The molecule has 1 aliphatic rings. The van der Waals surface area contributed by atoms with E-state index in [4.69, 9.17) is 9.47 Å². The van der Waals surface area contributed by atoms with E-state index >= 15 is 0 Å². The van der Waals surface area contributed by atoms with Gasteiger partial charge in [0.1, 0.15) is 5.75 Å². The van der Waals surface area contributed by atoms with E-state index in [2.05, 4.69) is 28.0 Å². The monoisotopic (exact) mass is 362 g/mol. The number of piperazine rings is 1. The molecule has 3 rings (SSSR count). The minimum Gasteiger partial charge on any atom is -0.497 e. The summed E-state index contributed by atoms with van der Waals surface area (Å²) >= 11 is 1.68. The highest BCUT2D eigenvalue weighted by Gasteiger charge is 2.19. The largest absolute Gasteiger partial charge is 0.497 e. The third-order valence-corrected chi connectivity index (χ3v) is 5.26. The number of ether oxygens (including phenoxy) is 2. The van der Waals surface area contributed by atoms with Gasteiger partial charge < -0.3 is 19.5 Å². The molecule has 25 heavy (non-hydrogen) atoms. The third kappa shape index (κ3) is 5.44. The molecule has 1 saturated heterocycles. The van der Waals surface area contributed by atoms with Crippen LogP contribution in [0.5, 0.6) is 5.75 Å². The van der Waals surface area contributed by atoms with Gasteiger partial charge in [-0.25, -0.2) is 0 Å². The normalized spacial score (nSPS) is 16.8. The van der Waals surface area contributed by atoms with Crippen LogP contribution in [0.2, 0.25) is 0 Å². The Hall–Kier alpha value is -1.60. The molecule has 1 aromatic carbocycles. The van der Waals surface area contributed by atoms with E-state index in [9.17, 15) is 5.11 Å². The molecule has 0 aliphatic carbocycles. The van der Waals surface area contributed by atoms with Crippen molar-refractivity contribution in [1.82, 2.24) is 4.90 Å². The second-order valence-corrected chi connectivity index (χ2v) is 7.27. The van der Waals surface area contributed by atoms with Gasteiger partial charge in [0.2, 0.25) is 0 Å². The Morgan fingerprint density at radius 2 is 1.88 bits per heavy atom. The molecule has 1 fully saturated rings. The summed E-state index contributed by atoms with van der Waals surface area (Å²) in [5.41, 5.74) is 1.22. The average molecular weight is 362 g/mol. The van der Waals surface area contributed by atoms with Gasteiger partial charge >= 0.3 is 0 Å². The quantitative estimate of drug-likeness (QED) is 0.782. The summed E-state index contributed by atoms with van der Waals surface area (Å²) in [5, 5.41) is 12.2. The lowest BCUT2D eigenvalue weighted by Gasteiger charge is -2.36. The average Bonchev–Trinajstić information content (AvgIpc) is 3.16. The number of aliphatic hydroxyl groups excluding tert-OH is 1. The predicted molar refractivity (Wildman–Crippen MR) is 102 cm³/mol.